The molecule has 1 fully saturated rings. The van der Waals surface area contributed by atoms with Gasteiger partial charge in [-0.2, -0.15) is 0 Å². The lowest BCUT2D eigenvalue weighted by Crippen LogP contribution is -2.40. The van der Waals surface area contributed by atoms with Gasteiger partial charge >= 0.3 is 0 Å². The average Bonchev–Trinajstić information content (AvgIpc) is 3.03. The quantitative estimate of drug-likeness (QED) is 0.297. The van der Waals surface area contributed by atoms with Gasteiger partial charge in [-0.1, -0.05) is 43.5 Å². The topological polar surface area (TPSA) is 68.4 Å². The van der Waals surface area contributed by atoms with Gasteiger partial charge in [0, 0.05) is 24.5 Å². The molecule has 1 aromatic rings. The molecule has 0 amide bonds. The van der Waals surface area contributed by atoms with Crippen LogP contribution in [-0.4, -0.2) is 35.4 Å². The van der Waals surface area contributed by atoms with Gasteiger partial charge in [0.1, 0.15) is 0 Å². The second-order valence-electron chi connectivity index (χ2n) is 5.58. The second-order valence-corrected chi connectivity index (χ2v) is 5.58. The Balaban J connectivity index is 1.90. The van der Waals surface area contributed by atoms with E-state index in [1.54, 1.807) is 0 Å². The van der Waals surface area contributed by atoms with Crippen molar-refractivity contribution in [1.29, 1.82) is 5.41 Å². The van der Waals surface area contributed by atoms with Crippen LogP contribution in [0.4, 0.5) is 0 Å². The van der Waals surface area contributed by atoms with Crippen LogP contribution in [0.15, 0.2) is 54.9 Å². The summed E-state index contributed by atoms with van der Waals surface area (Å²) >= 11 is 0. The van der Waals surface area contributed by atoms with Gasteiger partial charge in [-0.25, -0.2) is 5.84 Å². The van der Waals surface area contributed by atoms with Crippen LogP contribution in [0.2, 0.25) is 0 Å². The van der Waals surface area contributed by atoms with E-state index in [1.165, 1.54) is 10.6 Å². The number of nitrogens with zero attached hydrogens (tertiary/aromatic N) is 2. The molecule has 0 radical (unpaired) electrons. The van der Waals surface area contributed by atoms with Crippen LogP contribution in [0.3, 0.4) is 0 Å². The van der Waals surface area contributed by atoms with Crippen molar-refractivity contribution in [1.82, 2.24) is 15.2 Å². The van der Waals surface area contributed by atoms with E-state index in [2.05, 4.69) is 35.5 Å². The summed E-state index contributed by atoms with van der Waals surface area (Å²) in [5, 5.41) is 11.9. The van der Waals surface area contributed by atoms with Crippen molar-refractivity contribution in [3.63, 3.8) is 0 Å². The number of nitrogens with one attached hydrogen (secondary N) is 2. The van der Waals surface area contributed by atoms with Crippen molar-refractivity contribution in [2.45, 2.75) is 25.4 Å². The molecule has 1 atom stereocenters. The monoisotopic (exact) mass is 299 g/mol. The first-order valence-electron chi connectivity index (χ1n) is 7.54. The van der Waals surface area contributed by atoms with E-state index >= 15 is 0 Å². The van der Waals surface area contributed by atoms with E-state index in [-0.39, 0.29) is 6.04 Å². The second kappa shape index (κ2) is 7.66. The zero-order valence-corrected chi connectivity index (χ0v) is 13.0. The van der Waals surface area contributed by atoms with Crippen LogP contribution in [-0.2, 0) is 6.54 Å². The summed E-state index contributed by atoms with van der Waals surface area (Å²) in [5.74, 6) is 5.66. The molecule has 0 bridgehead atoms. The molecule has 1 unspecified atom stereocenters. The summed E-state index contributed by atoms with van der Waals surface area (Å²) in [5.41, 5.74) is 3.18. The third-order valence-electron chi connectivity index (χ3n) is 3.95. The minimum absolute atomic E-state index is 0.246. The Bertz CT molecular complexity index is 525. The molecular formula is C17H25N5. The number of hydrazine groups is 1. The van der Waals surface area contributed by atoms with E-state index in [0.29, 0.717) is 6.54 Å². The van der Waals surface area contributed by atoms with Gasteiger partial charge in [0.15, 0.2) is 0 Å². The predicted molar refractivity (Wildman–Crippen MR) is 91.0 cm³/mol. The minimum Gasteiger partial charge on any atom is -0.383 e. The smallest absolute Gasteiger partial charge is 0.0962 e. The summed E-state index contributed by atoms with van der Waals surface area (Å²) in [4.78, 5) is 2.24. The number of likely N-dealkylation sites (tertiary alicyclic amines) is 1. The summed E-state index contributed by atoms with van der Waals surface area (Å²) in [6, 6.07) is 10.5. The summed E-state index contributed by atoms with van der Waals surface area (Å²) in [6.45, 7) is 10.5. The Labute approximate surface area is 132 Å². The molecule has 22 heavy (non-hydrogen) atoms. The molecule has 2 rings (SSSR count). The van der Waals surface area contributed by atoms with Crippen LogP contribution in [0, 0.1) is 5.41 Å². The maximum atomic E-state index is 7.16. The van der Waals surface area contributed by atoms with Crippen molar-refractivity contribution in [3.8, 4) is 0 Å². The van der Waals surface area contributed by atoms with E-state index in [9.17, 15) is 0 Å². The first-order valence-corrected chi connectivity index (χ1v) is 7.54. The molecule has 5 nitrogen and oxygen atoms in total. The minimum atomic E-state index is 0.246. The summed E-state index contributed by atoms with van der Waals surface area (Å²) in [7, 11) is 0. The Morgan fingerprint density at radius 3 is 2.82 bits per heavy atom. The maximum Gasteiger partial charge on any atom is 0.0962 e. The molecule has 0 aliphatic carbocycles. The van der Waals surface area contributed by atoms with E-state index < -0.39 is 0 Å². The Morgan fingerprint density at radius 2 is 2.14 bits per heavy atom. The lowest BCUT2D eigenvalue weighted by atomic mass is 10.1. The zero-order valence-electron chi connectivity index (χ0n) is 13.0. The molecule has 5 heteroatoms. The van der Waals surface area contributed by atoms with Crippen molar-refractivity contribution < 1.29 is 0 Å². The normalized spacial score (nSPS) is 17.1. The lowest BCUT2D eigenvalue weighted by molar-refractivity contribution is 0.311. The fourth-order valence-corrected chi connectivity index (χ4v) is 2.78. The summed E-state index contributed by atoms with van der Waals surface area (Å²) in [6.07, 6.45) is 3.29. The van der Waals surface area contributed by atoms with Gasteiger partial charge in [-0.15, -0.1) is 0 Å². The Kier molecular flexibility index (Phi) is 5.61. The Morgan fingerprint density at radius 1 is 1.41 bits per heavy atom. The largest absolute Gasteiger partial charge is 0.383 e. The van der Waals surface area contributed by atoms with E-state index in [1.807, 2.05) is 18.2 Å². The zero-order chi connectivity index (χ0) is 15.9. The molecule has 1 aliphatic heterocycles. The molecule has 0 saturated carbocycles. The molecule has 1 heterocycles. The number of benzene rings is 1. The van der Waals surface area contributed by atoms with Crippen LogP contribution in [0.25, 0.3) is 0 Å². The molecular weight excluding hydrogens is 274 g/mol. The number of hydrogen-bond donors (Lipinski definition) is 3. The van der Waals surface area contributed by atoms with Crippen LogP contribution in [0.1, 0.15) is 18.4 Å². The van der Waals surface area contributed by atoms with Crippen LogP contribution in [0.5, 0.6) is 0 Å². The molecule has 4 N–H and O–H groups in total. The van der Waals surface area contributed by atoms with Crippen molar-refractivity contribution in [2.24, 2.45) is 5.84 Å². The molecule has 0 aromatic heterocycles. The molecule has 1 aromatic carbocycles. The standard InChI is InChI=1S/C17H25N5/c1-14(12-21(19)13-18)22-10-6-9-17(22)15(2)20-11-16-7-4-3-5-8-16/h3-5,7-8,13,17-18,20H,1-2,6,9-12,19H2. The first-order chi connectivity index (χ1) is 10.6. The third kappa shape index (κ3) is 4.11. The fourth-order valence-electron chi connectivity index (χ4n) is 2.78. The highest BCUT2D eigenvalue weighted by Crippen LogP contribution is 2.25. The van der Waals surface area contributed by atoms with E-state index in [4.69, 9.17) is 11.3 Å². The van der Waals surface area contributed by atoms with Crippen molar-refractivity contribution in [2.75, 3.05) is 13.1 Å². The molecule has 1 aliphatic rings. The SMILES string of the molecule is C=C(NCc1ccccc1)C1CCCN1C(=C)CN(N)C=N. The van der Waals surface area contributed by atoms with Gasteiger partial charge < -0.3 is 10.2 Å². The highest BCUT2D eigenvalue weighted by Gasteiger charge is 2.27. The molecule has 1 saturated heterocycles. The van der Waals surface area contributed by atoms with Crippen molar-refractivity contribution >= 4 is 6.34 Å². The van der Waals surface area contributed by atoms with Gasteiger partial charge in [0.05, 0.1) is 18.9 Å². The Hall–Kier alpha value is -2.27. The highest BCUT2D eigenvalue weighted by molar-refractivity contribution is 5.49. The van der Waals surface area contributed by atoms with Crippen LogP contribution < -0.4 is 11.2 Å². The number of hydrogen-bond acceptors (Lipinski definition) is 4. The maximum absolute atomic E-state index is 7.16. The lowest BCUT2D eigenvalue weighted by Gasteiger charge is -2.31. The number of rotatable bonds is 8. The van der Waals surface area contributed by atoms with Crippen molar-refractivity contribution in [3.05, 3.63) is 60.4 Å². The number of nitrogens with two attached hydrogens (primary N) is 1. The average molecular weight is 299 g/mol. The van der Waals surface area contributed by atoms with Gasteiger partial charge in [0.25, 0.3) is 0 Å². The molecule has 118 valence electrons. The van der Waals surface area contributed by atoms with Gasteiger partial charge in [-0.05, 0) is 18.4 Å². The fraction of sp³-hybridized carbons (Fsp3) is 0.353. The highest BCUT2D eigenvalue weighted by atomic mass is 15.4. The summed E-state index contributed by atoms with van der Waals surface area (Å²) < 4.78 is 0. The van der Waals surface area contributed by atoms with Gasteiger partial charge in [0.2, 0.25) is 0 Å². The first kappa shape index (κ1) is 16.1. The molecule has 0 spiro atoms. The van der Waals surface area contributed by atoms with Gasteiger partial charge in [-0.3, -0.25) is 10.4 Å². The predicted octanol–water partition coefficient (Wildman–Crippen LogP) is 2.05. The third-order valence-corrected chi connectivity index (χ3v) is 3.95. The van der Waals surface area contributed by atoms with Crippen LogP contribution >= 0.6 is 0 Å². The van der Waals surface area contributed by atoms with E-state index in [0.717, 1.165) is 43.7 Å².